The molecule has 0 radical (unpaired) electrons. The molecule has 0 saturated heterocycles. The lowest BCUT2D eigenvalue weighted by Gasteiger charge is -2.06. The van der Waals surface area contributed by atoms with Crippen LogP contribution in [0.1, 0.15) is 0 Å². The number of hydrogen-bond donors (Lipinski definition) is 0. The van der Waals surface area contributed by atoms with E-state index in [4.69, 9.17) is 5.26 Å². The summed E-state index contributed by atoms with van der Waals surface area (Å²) in [6.07, 6.45) is 0. The molecule has 1 nitrogen and oxygen atoms in total. The molecular formula is C11H9N. The van der Waals surface area contributed by atoms with Crippen LogP contribution < -0.4 is 0 Å². The average molecular weight is 155 g/mol. The summed E-state index contributed by atoms with van der Waals surface area (Å²) in [7, 11) is 0. The van der Waals surface area contributed by atoms with Gasteiger partial charge in [0.25, 0.3) is 0 Å². The van der Waals surface area contributed by atoms with Gasteiger partial charge in [-0.2, -0.15) is 5.26 Å². The Labute approximate surface area is 70.7 Å². The van der Waals surface area contributed by atoms with Gasteiger partial charge in [0, 0.05) is 0 Å². The minimum atomic E-state index is 0.312. The summed E-state index contributed by atoms with van der Waals surface area (Å²) < 4.78 is 0. The molecule has 0 aliphatic heterocycles. The maximum Gasteiger partial charge on any atom is 0.0699 e. The SMILES string of the molecule is N#CC12C3[C@@H]1[C@@H]1C4C5C4C5[C@H]1[C@H]32. The van der Waals surface area contributed by atoms with Gasteiger partial charge in [0.05, 0.1) is 11.5 Å². The predicted octanol–water partition coefficient (Wildman–Crippen LogP) is 1.12. The normalized spacial score (nSPS) is 97.4. The molecule has 4 bridgehead atoms. The highest BCUT2D eigenvalue weighted by Crippen LogP contribution is 3.05. The van der Waals surface area contributed by atoms with Crippen molar-refractivity contribution >= 4 is 0 Å². The fourth-order valence-electron chi connectivity index (χ4n) is 6.23. The molecule has 12 heavy (non-hydrogen) atoms. The van der Waals surface area contributed by atoms with Crippen LogP contribution in [0.5, 0.6) is 0 Å². The van der Waals surface area contributed by atoms with Crippen molar-refractivity contribution in [2.45, 2.75) is 0 Å². The van der Waals surface area contributed by atoms with E-state index in [1.54, 1.807) is 0 Å². The van der Waals surface area contributed by atoms with Crippen LogP contribution in [0.4, 0.5) is 0 Å². The lowest BCUT2D eigenvalue weighted by Crippen LogP contribution is -2.06. The summed E-state index contributed by atoms with van der Waals surface area (Å²) in [5.74, 6) is 9.71. The molecule has 8 fully saturated rings. The van der Waals surface area contributed by atoms with Crippen LogP contribution in [0.2, 0.25) is 0 Å². The Morgan fingerprint density at radius 1 is 0.750 bits per heavy atom. The predicted molar refractivity (Wildman–Crippen MR) is 39.5 cm³/mol. The van der Waals surface area contributed by atoms with Crippen LogP contribution in [0.15, 0.2) is 0 Å². The molecule has 0 amide bonds. The topological polar surface area (TPSA) is 23.8 Å². The summed E-state index contributed by atoms with van der Waals surface area (Å²) in [4.78, 5) is 0. The summed E-state index contributed by atoms with van der Waals surface area (Å²) in [5.41, 5.74) is 0.312. The first-order chi connectivity index (χ1) is 5.93. The molecule has 0 heterocycles. The third-order valence-electron chi connectivity index (χ3n) is 6.51. The molecule has 0 spiro atoms. The first kappa shape index (κ1) is 4.65. The molecule has 58 valence electrons. The lowest BCUT2D eigenvalue weighted by atomic mass is 9.96. The molecule has 0 aromatic rings. The van der Waals surface area contributed by atoms with Gasteiger partial charge in [-0.3, -0.25) is 0 Å². The van der Waals surface area contributed by atoms with Crippen molar-refractivity contribution in [1.29, 1.82) is 5.26 Å². The van der Waals surface area contributed by atoms with Crippen molar-refractivity contribution in [1.82, 2.24) is 0 Å². The average Bonchev–Trinajstić information content (AvgIpc) is 2.95. The summed E-state index contributed by atoms with van der Waals surface area (Å²) in [6.45, 7) is 0. The fourth-order valence-corrected chi connectivity index (χ4v) is 6.23. The summed E-state index contributed by atoms with van der Waals surface area (Å²) in [5, 5.41) is 9.10. The van der Waals surface area contributed by atoms with E-state index in [0.29, 0.717) is 5.41 Å². The highest BCUT2D eigenvalue weighted by molar-refractivity contribution is 5.53. The monoisotopic (exact) mass is 155 g/mol. The Kier molecular flexibility index (Phi) is 0.326. The summed E-state index contributed by atoms with van der Waals surface area (Å²) in [6, 6.07) is 2.63. The smallest absolute Gasteiger partial charge is 0.0699 e. The first-order valence-corrected chi connectivity index (χ1v) is 5.34. The van der Waals surface area contributed by atoms with E-state index >= 15 is 0 Å². The van der Waals surface area contributed by atoms with E-state index in [2.05, 4.69) is 6.07 Å². The zero-order valence-electron chi connectivity index (χ0n) is 6.64. The van der Waals surface area contributed by atoms with Crippen LogP contribution >= 0.6 is 0 Å². The van der Waals surface area contributed by atoms with Gasteiger partial charge in [0.15, 0.2) is 0 Å². The molecule has 0 aromatic heterocycles. The maximum absolute atomic E-state index is 9.10. The zero-order valence-corrected chi connectivity index (χ0v) is 6.64. The highest BCUT2D eigenvalue weighted by atomic mass is 15.1. The fraction of sp³-hybridized carbons (Fsp3) is 0.909. The number of nitrogens with zero attached hydrogens (tertiary/aromatic N) is 1. The van der Waals surface area contributed by atoms with Gasteiger partial charge in [0.2, 0.25) is 0 Å². The van der Waals surface area contributed by atoms with Crippen molar-refractivity contribution in [3.05, 3.63) is 0 Å². The van der Waals surface area contributed by atoms with Gasteiger partial charge in [-0.15, -0.1) is 0 Å². The van der Waals surface area contributed by atoms with Gasteiger partial charge in [-0.25, -0.2) is 0 Å². The van der Waals surface area contributed by atoms with E-state index in [0.717, 1.165) is 41.4 Å². The Balaban J connectivity index is 1.64. The Morgan fingerprint density at radius 2 is 1.25 bits per heavy atom. The number of rotatable bonds is 0. The van der Waals surface area contributed by atoms with Gasteiger partial charge >= 0.3 is 0 Å². The van der Waals surface area contributed by atoms with Crippen LogP contribution in [-0.4, -0.2) is 0 Å². The number of nitriles is 1. The molecular weight excluding hydrogens is 146 g/mol. The second kappa shape index (κ2) is 0.842. The van der Waals surface area contributed by atoms with E-state index in [1.165, 1.54) is 11.8 Å². The molecule has 4 unspecified atom stereocenters. The Bertz CT molecular complexity index is 370. The Hall–Kier alpha value is -0.510. The number of hydrogen-bond acceptors (Lipinski definition) is 1. The minimum Gasteiger partial charge on any atom is -0.198 e. The minimum absolute atomic E-state index is 0.312. The highest BCUT2D eigenvalue weighted by Gasteiger charge is 3.04. The molecule has 8 aliphatic rings. The van der Waals surface area contributed by atoms with Crippen LogP contribution in [-0.2, 0) is 0 Å². The first-order valence-electron chi connectivity index (χ1n) is 5.34. The van der Waals surface area contributed by atoms with E-state index in [1.807, 2.05) is 0 Å². The van der Waals surface area contributed by atoms with Crippen molar-refractivity contribution in [2.75, 3.05) is 0 Å². The standard InChI is InChI=1S/C11H9N/c12-1-11-8-6-4-2-3(4)5(2)7(6)9(11)10(8)11/h2-10H/t2?,3?,4?,5?,6-,7-,8-,9+,10?,11?/m1/s1. The molecule has 8 rings (SSSR count). The molecule has 0 aromatic carbocycles. The van der Waals surface area contributed by atoms with Crippen molar-refractivity contribution in [3.63, 3.8) is 0 Å². The van der Waals surface area contributed by atoms with Gasteiger partial charge in [0.1, 0.15) is 0 Å². The van der Waals surface area contributed by atoms with Crippen LogP contribution in [0.3, 0.4) is 0 Å². The van der Waals surface area contributed by atoms with Crippen molar-refractivity contribution in [3.8, 4) is 6.07 Å². The Morgan fingerprint density at radius 3 is 1.67 bits per heavy atom. The molecule has 0 N–H and O–H groups in total. The van der Waals surface area contributed by atoms with Crippen LogP contribution in [0, 0.1) is 70.0 Å². The zero-order chi connectivity index (χ0) is 7.40. The van der Waals surface area contributed by atoms with Gasteiger partial charge in [-0.1, -0.05) is 0 Å². The van der Waals surface area contributed by atoms with Crippen molar-refractivity contribution < 1.29 is 0 Å². The van der Waals surface area contributed by atoms with Crippen molar-refractivity contribution in [2.24, 2.45) is 58.7 Å². The lowest BCUT2D eigenvalue weighted by molar-refractivity contribution is 0.407. The van der Waals surface area contributed by atoms with Gasteiger partial charge < -0.3 is 0 Å². The second-order valence-electron chi connectivity index (χ2n) is 6.09. The second-order valence-corrected chi connectivity index (χ2v) is 6.09. The largest absolute Gasteiger partial charge is 0.198 e. The third-order valence-corrected chi connectivity index (χ3v) is 6.51. The van der Waals surface area contributed by atoms with E-state index in [9.17, 15) is 0 Å². The summed E-state index contributed by atoms with van der Waals surface area (Å²) >= 11 is 0. The third kappa shape index (κ3) is 0.187. The quantitative estimate of drug-likeness (QED) is 0.514. The molecule has 1 heteroatoms. The van der Waals surface area contributed by atoms with E-state index in [-0.39, 0.29) is 0 Å². The maximum atomic E-state index is 9.10. The molecule has 8 saturated carbocycles. The molecule has 8 atom stereocenters. The molecule has 8 aliphatic carbocycles. The van der Waals surface area contributed by atoms with Gasteiger partial charge in [-0.05, 0) is 53.3 Å². The van der Waals surface area contributed by atoms with Crippen LogP contribution in [0.25, 0.3) is 0 Å². The van der Waals surface area contributed by atoms with E-state index < -0.39 is 0 Å².